The topological polar surface area (TPSA) is 43.1 Å². The minimum Gasteiger partial charge on any atom is -0.399 e. The summed E-state index contributed by atoms with van der Waals surface area (Å²) in [5.41, 5.74) is 6.46. The highest BCUT2D eigenvalue weighted by Gasteiger charge is 2.12. The smallest absolute Gasteiger partial charge is 0.128 e. The molecular formula is C13H10BrClFNOS. The van der Waals surface area contributed by atoms with Crippen LogP contribution in [-0.4, -0.2) is 4.21 Å². The van der Waals surface area contributed by atoms with Crippen LogP contribution in [0.1, 0.15) is 5.56 Å². The maximum absolute atomic E-state index is 13.7. The molecule has 0 aliphatic heterocycles. The second-order valence-electron chi connectivity index (χ2n) is 3.92. The Morgan fingerprint density at radius 2 is 2.00 bits per heavy atom. The Morgan fingerprint density at radius 3 is 2.63 bits per heavy atom. The van der Waals surface area contributed by atoms with E-state index >= 15 is 0 Å². The van der Waals surface area contributed by atoms with Crippen LogP contribution in [0.5, 0.6) is 0 Å². The molecule has 0 radical (unpaired) electrons. The van der Waals surface area contributed by atoms with Crippen LogP contribution in [0.3, 0.4) is 0 Å². The molecule has 0 fully saturated rings. The number of benzene rings is 2. The van der Waals surface area contributed by atoms with Crippen molar-refractivity contribution in [3.05, 3.63) is 57.3 Å². The van der Waals surface area contributed by atoms with Crippen LogP contribution in [0.25, 0.3) is 0 Å². The van der Waals surface area contributed by atoms with Crippen LogP contribution in [0.2, 0.25) is 5.02 Å². The fourth-order valence-electron chi connectivity index (χ4n) is 1.56. The third-order valence-electron chi connectivity index (χ3n) is 2.50. The summed E-state index contributed by atoms with van der Waals surface area (Å²) in [4.78, 5) is 0.457. The summed E-state index contributed by atoms with van der Waals surface area (Å²) in [6.07, 6.45) is 0. The van der Waals surface area contributed by atoms with E-state index in [9.17, 15) is 8.60 Å². The number of hydrogen-bond acceptors (Lipinski definition) is 2. The Morgan fingerprint density at radius 1 is 1.26 bits per heavy atom. The van der Waals surface area contributed by atoms with Gasteiger partial charge in [-0.05, 0) is 30.3 Å². The quantitative estimate of drug-likeness (QED) is 0.834. The first-order chi connectivity index (χ1) is 8.97. The molecule has 1 unspecified atom stereocenters. The fourth-order valence-corrected chi connectivity index (χ4v) is 3.51. The van der Waals surface area contributed by atoms with E-state index in [2.05, 4.69) is 15.9 Å². The van der Waals surface area contributed by atoms with Crippen molar-refractivity contribution in [1.29, 1.82) is 0 Å². The predicted molar refractivity (Wildman–Crippen MR) is 80.1 cm³/mol. The van der Waals surface area contributed by atoms with E-state index in [1.54, 1.807) is 24.3 Å². The van der Waals surface area contributed by atoms with E-state index in [4.69, 9.17) is 17.3 Å². The normalized spacial score (nSPS) is 12.4. The lowest BCUT2D eigenvalue weighted by Gasteiger charge is -2.07. The lowest BCUT2D eigenvalue weighted by Crippen LogP contribution is -2.00. The van der Waals surface area contributed by atoms with E-state index in [1.807, 2.05) is 0 Å². The molecule has 0 spiro atoms. The highest BCUT2D eigenvalue weighted by Crippen LogP contribution is 2.25. The standard InChI is InChI=1S/C13H10BrClFNOS/c14-9-2-1-8(12(16)5-9)7-19(18)13-4-3-10(17)6-11(13)15/h1-6H,7,17H2. The van der Waals surface area contributed by atoms with Gasteiger partial charge in [0.1, 0.15) is 5.82 Å². The molecule has 0 bridgehead atoms. The van der Waals surface area contributed by atoms with Gasteiger partial charge in [-0.15, -0.1) is 0 Å². The van der Waals surface area contributed by atoms with Crippen molar-refractivity contribution < 1.29 is 8.60 Å². The molecule has 0 amide bonds. The van der Waals surface area contributed by atoms with Crippen LogP contribution in [0.15, 0.2) is 45.8 Å². The molecule has 0 aliphatic carbocycles. The highest BCUT2D eigenvalue weighted by molar-refractivity contribution is 9.10. The third kappa shape index (κ3) is 3.55. The Kier molecular flexibility index (Phi) is 4.60. The van der Waals surface area contributed by atoms with Crippen molar-refractivity contribution in [2.24, 2.45) is 0 Å². The molecule has 1 atom stereocenters. The van der Waals surface area contributed by atoms with Crippen LogP contribution in [0.4, 0.5) is 10.1 Å². The first kappa shape index (κ1) is 14.5. The maximum Gasteiger partial charge on any atom is 0.128 e. The Labute approximate surface area is 126 Å². The zero-order chi connectivity index (χ0) is 14.0. The van der Waals surface area contributed by atoms with Gasteiger partial charge in [-0.3, -0.25) is 4.21 Å². The zero-order valence-electron chi connectivity index (χ0n) is 9.70. The highest BCUT2D eigenvalue weighted by atomic mass is 79.9. The van der Waals surface area contributed by atoms with Gasteiger partial charge in [-0.1, -0.05) is 33.6 Å². The average Bonchev–Trinajstić information content (AvgIpc) is 2.32. The Bertz CT molecular complexity index is 651. The third-order valence-corrected chi connectivity index (χ3v) is 4.84. The molecule has 2 N–H and O–H groups in total. The van der Waals surface area contributed by atoms with Gasteiger partial charge in [-0.25, -0.2) is 4.39 Å². The van der Waals surface area contributed by atoms with Crippen LogP contribution in [-0.2, 0) is 16.6 Å². The van der Waals surface area contributed by atoms with Gasteiger partial charge in [0, 0.05) is 15.7 Å². The van der Waals surface area contributed by atoms with Crippen molar-refractivity contribution in [2.45, 2.75) is 10.6 Å². The van der Waals surface area contributed by atoms with E-state index in [0.717, 1.165) is 0 Å². The molecule has 19 heavy (non-hydrogen) atoms. The van der Waals surface area contributed by atoms with Gasteiger partial charge in [0.2, 0.25) is 0 Å². The van der Waals surface area contributed by atoms with Crippen LogP contribution < -0.4 is 5.73 Å². The van der Waals surface area contributed by atoms with Crippen molar-refractivity contribution in [3.63, 3.8) is 0 Å². The molecule has 0 saturated heterocycles. The minimum absolute atomic E-state index is 0.0722. The summed E-state index contributed by atoms with van der Waals surface area (Å²) in [5, 5.41) is 0.329. The largest absolute Gasteiger partial charge is 0.399 e. The van der Waals surface area contributed by atoms with Crippen LogP contribution in [0, 0.1) is 5.82 Å². The number of nitrogens with two attached hydrogens (primary N) is 1. The van der Waals surface area contributed by atoms with E-state index in [-0.39, 0.29) is 5.75 Å². The number of halogens is 3. The van der Waals surface area contributed by atoms with Gasteiger partial charge in [0.25, 0.3) is 0 Å². The lowest BCUT2D eigenvalue weighted by atomic mass is 10.2. The van der Waals surface area contributed by atoms with Crippen molar-refractivity contribution in [3.8, 4) is 0 Å². The van der Waals surface area contributed by atoms with Gasteiger partial charge < -0.3 is 5.73 Å². The molecule has 2 rings (SSSR count). The number of nitrogen functional groups attached to an aromatic ring is 1. The van der Waals surface area contributed by atoms with E-state index in [0.29, 0.717) is 25.6 Å². The molecule has 0 heterocycles. The maximum atomic E-state index is 13.7. The number of hydrogen-bond donors (Lipinski definition) is 1. The average molecular weight is 363 g/mol. The first-order valence-corrected chi connectivity index (χ1v) is 7.83. The van der Waals surface area contributed by atoms with Crippen molar-refractivity contribution in [1.82, 2.24) is 0 Å². The first-order valence-electron chi connectivity index (χ1n) is 5.34. The molecule has 0 saturated carbocycles. The summed E-state index contributed by atoms with van der Waals surface area (Å²) < 4.78 is 26.5. The van der Waals surface area contributed by atoms with E-state index in [1.165, 1.54) is 12.1 Å². The second-order valence-corrected chi connectivity index (χ2v) is 6.66. The summed E-state index contributed by atoms with van der Waals surface area (Å²) >= 11 is 9.16. The predicted octanol–water partition coefficient (Wildman–Crippen LogP) is 4.13. The number of anilines is 1. The monoisotopic (exact) mass is 361 g/mol. The Hall–Kier alpha value is -0.910. The minimum atomic E-state index is -1.41. The van der Waals surface area contributed by atoms with Gasteiger partial charge >= 0.3 is 0 Å². The molecule has 2 aromatic carbocycles. The summed E-state index contributed by atoms with van der Waals surface area (Å²) in [6.45, 7) is 0. The molecule has 100 valence electrons. The Balaban J connectivity index is 2.25. The molecule has 2 aromatic rings. The fraction of sp³-hybridized carbons (Fsp3) is 0.0769. The zero-order valence-corrected chi connectivity index (χ0v) is 12.9. The lowest BCUT2D eigenvalue weighted by molar-refractivity contribution is 0.614. The van der Waals surface area contributed by atoms with Gasteiger partial charge in [0.15, 0.2) is 0 Å². The summed E-state index contributed by atoms with van der Waals surface area (Å²) in [6, 6.07) is 9.41. The molecule has 0 aromatic heterocycles. The SMILES string of the molecule is Nc1ccc(S(=O)Cc2ccc(Br)cc2F)c(Cl)c1. The van der Waals surface area contributed by atoms with Crippen LogP contribution >= 0.6 is 27.5 Å². The molecular weight excluding hydrogens is 353 g/mol. The summed E-state index contributed by atoms with van der Waals surface area (Å²) in [5.74, 6) is -0.322. The summed E-state index contributed by atoms with van der Waals surface area (Å²) in [7, 11) is -1.41. The second kappa shape index (κ2) is 6.03. The number of rotatable bonds is 3. The van der Waals surface area contributed by atoms with E-state index < -0.39 is 16.6 Å². The van der Waals surface area contributed by atoms with Gasteiger partial charge in [-0.2, -0.15) is 0 Å². The van der Waals surface area contributed by atoms with Crippen molar-refractivity contribution in [2.75, 3.05) is 5.73 Å². The molecule has 6 heteroatoms. The molecule has 0 aliphatic rings. The molecule has 2 nitrogen and oxygen atoms in total. The van der Waals surface area contributed by atoms with Crippen molar-refractivity contribution >= 4 is 44.0 Å². The van der Waals surface area contributed by atoms with Gasteiger partial charge in [0.05, 0.1) is 26.5 Å².